The fourth-order valence-electron chi connectivity index (χ4n) is 5.34. The van der Waals surface area contributed by atoms with Crippen LogP contribution in [-0.4, -0.2) is 49.8 Å². The fourth-order valence-corrected chi connectivity index (χ4v) is 6.20. The number of imidazole rings is 1. The van der Waals surface area contributed by atoms with Crippen molar-refractivity contribution in [2.75, 3.05) is 13.1 Å². The van der Waals surface area contributed by atoms with Crippen molar-refractivity contribution in [3.05, 3.63) is 101 Å². The number of hydrogen-bond acceptors (Lipinski definition) is 4. The zero-order chi connectivity index (χ0) is 24.2. The average Bonchev–Trinajstić information content (AvgIpc) is 3.55. The van der Waals surface area contributed by atoms with Crippen LogP contribution < -0.4 is 5.32 Å². The lowest BCUT2D eigenvalue weighted by atomic mass is 10.1. The van der Waals surface area contributed by atoms with Gasteiger partial charge in [-0.15, -0.1) is 11.3 Å². The first-order chi connectivity index (χ1) is 17.7. The average molecular weight is 494 g/mol. The minimum atomic E-state index is -0.0777. The van der Waals surface area contributed by atoms with Crippen LogP contribution in [0.3, 0.4) is 0 Å². The van der Waals surface area contributed by atoms with E-state index in [2.05, 4.69) is 10.3 Å². The number of carbonyl (C=O) groups is 2. The predicted molar refractivity (Wildman–Crippen MR) is 138 cm³/mol. The number of nitrogens with one attached hydrogen (secondary N) is 1. The summed E-state index contributed by atoms with van der Waals surface area (Å²) < 4.78 is 3.95. The highest BCUT2D eigenvalue weighted by atomic mass is 32.1. The van der Waals surface area contributed by atoms with Crippen LogP contribution in [0.5, 0.6) is 0 Å². The van der Waals surface area contributed by atoms with Gasteiger partial charge in [-0.1, -0.05) is 18.2 Å². The summed E-state index contributed by atoms with van der Waals surface area (Å²) in [5.74, 6) is 0.626. The maximum Gasteiger partial charge on any atom is 0.266 e. The Kier molecular flexibility index (Phi) is 4.82. The molecule has 2 aliphatic rings. The van der Waals surface area contributed by atoms with Gasteiger partial charge in [0, 0.05) is 66.9 Å². The van der Waals surface area contributed by atoms with E-state index in [1.807, 2.05) is 105 Å². The first-order valence-electron chi connectivity index (χ1n) is 12.0. The van der Waals surface area contributed by atoms with Crippen LogP contribution in [0.15, 0.2) is 90.8 Å². The van der Waals surface area contributed by atoms with Crippen LogP contribution in [0.4, 0.5) is 0 Å². The first-order valence-corrected chi connectivity index (χ1v) is 12.9. The van der Waals surface area contributed by atoms with Crippen molar-refractivity contribution < 1.29 is 9.59 Å². The van der Waals surface area contributed by atoms with Gasteiger partial charge in [-0.05, 0) is 47.8 Å². The summed E-state index contributed by atoms with van der Waals surface area (Å²) in [6.45, 7) is 1.36. The van der Waals surface area contributed by atoms with E-state index < -0.39 is 0 Å². The van der Waals surface area contributed by atoms with Crippen molar-refractivity contribution in [2.45, 2.75) is 6.04 Å². The number of benzene rings is 1. The van der Waals surface area contributed by atoms with Crippen molar-refractivity contribution in [1.82, 2.24) is 24.2 Å². The molecule has 1 saturated carbocycles. The molecule has 0 radical (unpaired) electrons. The minimum absolute atomic E-state index is 0.0751. The molecule has 4 aromatic heterocycles. The van der Waals surface area contributed by atoms with Crippen LogP contribution in [0.25, 0.3) is 22.6 Å². The molecule has 1 aliphatic carbocycles. The molecule has 7 nitrogen and oxygen atoms in total. The summed E-state index contributed by atoms with van der Waals surface area (Å²) in [5, 5.41) is 5.16. The second-order valence-corrected chi connectivity index (χ2v) is 10.4. The molecule has 1 saturated heterocycles. The molecule has 2 amide bonds. The Bertz CT molecular complexity index is 1560. The lowest BCUT2D eigenvalue weighted by Gasteiger charge is -2.20. The number of piperidine rings is 1. The van der Waals surface area contributed by atoms with Gasteiger partial charge in [0.15, 0.2) is 0 Å². The fraction of sp³-hybridized carbons (Fsp3) is 0.179. The van der Waals surface area contributed by atoms with E-state index >= 15 is 0 Å². The standard InChI is InChI=1S/C28H23N5O2S/c34-27(19-7-5-6-18(14-19)22-17-32-12-2-1-8-24(32)29-22)30-25-20-15-33(16-21(20)25)28(35)26-23(9-13-36-26)31-10-3-4-11-31/h1-14,17,20-21,25H,15-16H2,(H,30,34)/t20-,21?,25?/m0/s1. The van der Waals surface area contributed by atoms with Gasteiger partial charge in [0.25, 0.3) is 11.8 Å². The number of hydrogen-bond donors (Lipinski definition) is 1. The number of rotatable bonds is 5. The van der Waals surface area contributed by atoms with Crippen molar-refractivity contribution in [3.8, 4) is 16.9 Å². The Labute approximate surface area is 211 Å². The Morgan fingerprint density at radius 3 is 2.56 bits per heavy atom. The van der Waals surface area contributed by atoms with E-state index in [0.717, 1.165) is 27.5 Å². The van der Waals surface area contributed by atoms with Gasteiger partial charge in [-0.3, -0.25) is 9.59 Å². The number of thiophene rings is 1. The zero-order valence-corrected chi connectivity index (χ0v) is 20.1. The lowest BCUT2D eigenvalue weighted by molar-refractivity contribution is 0.0774. The minimum Gasteiger partial charge on any atom is -0.349 e. The molecule has 1 aromatic carbocycles. The second-order valence-electron chi connectivity index (χ2n) is 9.44. The van der Waals surface area contributed by atoms with Gasteiger partial charge in [-0.25, -0.2) is 4.98 Å². The lowest BCUT2D eigenvalue weighted by Crippen LogP contribution is -2.37. The Balaban J connectivity index is 1.01. The monoisotopic (exact) mass is 493 g/mol. The quantitative estimate of drug-likeness (QED) is 0.396. The molecule has 5 aromatic rings. The Morgan fingerprint density at radius 1 is 0.944 bits per heavy atom. The Morgan fingerprint density at radius 2 is 1.75 bits per heavy atom. The molecule has 2 fully saturated rings. The van der Waals surface area contributed by atoms with Crippen molar-refractivity contribution >= 4 is 28.8 Å². The van der Waals surface area contributed by atoms with Gasteiger partial charge >= 0.3 is 0 Å². The summed E-state index contributed by atoms with van der Waals surface area (Å²) in [7, 11) is 0. The molecule has 1 N–H and O–H groups in total. The molecular weight excluding hydrogens is 470 g/mol. The van der Waals surface area contributed by atoms with Crippen molar-refractivity contribution in [1.29, 1.82) is 0 Å². The number of nitrogens with zero attached hydrogens (tertiary/aromatic N) is 4. The highest BCUT2D eigenvalue weighted by Crippen LogP contribution is 2.46. The van der Waals surface area contributed by atoms with Gasteiger partial charge < -0.3 is 19.2 Å². The van der Waals surface area contributed by atoms with Crippen LogP contribution in [-0.2, 0) is 0 Å². The highest BCUT2D eigenvalue weighted by molar-refractivity contribution is 7.12. The van der Waals surface area contributed by atoms with E-state index in [9.17, 15) is 9.59 Å². The number of carbonyl (C=O) groups excluding carboxylic acids is 2. The third kappa shape index (κ3) is 3.53. The molecule has 3 atom stereocenters. The van der Waals surface area contributed by atoms with E-state index in [1.165, 1.54) is 11.3 Å². The summed E-state index contributed by atoms with van der Waals surface area (Å²) >= 11 is 1.48. The molecular formula is C28H23N5O2S. The number of amides is 2. The SMILES string of the molecule is O=C(NC1C2CN(C(=O)c3sccc3-n3cccc3)C[C@@H]21)c1cccc(-c2cn3ccccc3n2)c1. The molecule has 178 valence electrons. The van der Waals surface area contributed by atoms with E-state index in [0.29, 0.717) is 30.5 Å². The number of fused-ring (bicyclic) bond motifs is 2. The Hall–Kier alpha value is -4.17. The smallest absolute Gasteiger partial charge is 0.266 e. The van der Waals surface area contributed by atoms with Gasteiger partial charge in [0.05, 0.1) is 11.4 Å². The van der Waals surface area contributed by atoms with Crippen LogP contribution in [0, 0.1) is 11.8 Å². The second kappa shape index (κ2) is 8.20. The summed E-state index contributed by atoms with van der Waals surface area (Å²) in [6.07, 6.45) is 7.84. The predicted octanol–water partition coefficient (Wildman–Crippen LogP) is 4.35. The normalized spacial score (nSPS) is 20.4. The van der Waals surface area contributed by atoms with Gasteiger partial charge in [0.2, 0.25) is 0 Å². The van der Waals surface area contributed by atoms with Crippen LogP contribution >= 0.6 is 11.3 Å². The molecule has 1 aliphatic heterocycles. The molecule has 2 unspecified atom stereocenters. The summed E-state index contributed by atoms with van der Waals surface area (Å²) in [5.41, 5.74) is 4.16. The molecule has 36 heavy (non-hydrogen) atoms. The number of pyridine rings is 1. The van der Waals surface area contributed by atoms with E-state index in [1.54, 1.807) is 0 Å². The summed E-state index contributed by atoms with van der Waals surface area (Å²) in [6, 6.07) is 19.5. The molecule has 5 heterocycles. The molecule has 7 rings (SSSR count). The third-order valence-corrected chi connectivity index (χ3v) is 8.18. The number of aromatic nitrogens is 3. The first kappa shape index (κ1) is 21.1. The van der Waals surface area contributed by atoms with Gasteiger partial charge in [0.1, 0.15) is 10.5 Å². The third-order valence-electron chi connectivity index (χ3n) is 7.28. The van der Waals surface area contributed by atoms with Gasteiger partial charge in [-0.2, -0.15) is 0 Å². The highest BCUT2D eigenvalue weighted by Gasteiger charge is 2.57. The molecule has 0 bridgehead atoms. The maximum absolute atomic E-state index is 13.2. The van der Waals surface area contributed by atoms with Crippen molar-refractivity contribution in [2.24, 2.45) is 11.8 Å². The largest absolute Gasteiger partial charge is 0.349 e. The van der Waals surface area contributed by atoms with Crippen LogP contribution in [0.2, 0.25) is 0 Å². The van der Waals surface area contributed by atoms with Crippen molar-refractivity contribution in [3.63, 3.8) is 0 Å². The molecule has 8 heteroatoms. The topological polar surface area (TPSA) is 71.6 Å². The summed E-state index contributed by atoms with van der Waals surface area (Å²) in [4.78, 5) is 33.6. The van der Waals surface area contributed by atoms with Crippen LogP contribution in [0.1, 0.15) is 20.0 Å². The zero-order valence-electron chi connectivity index (χ0n) is 19.3. The van der Waals surface area contributed by atoms with E-state index in [4.69, 9.17) is 0 Å². The molecule has 0 spiro atoms. The van der Waals surface area contributed by atoms with E-state index in [-0.39, 0.29) is 17.9 Å². The number of likely N-dealkylation sites (tertiary alicyclic amines) is 1. The maximum atomic E-state index is 13.2.